The maximum absolute atomic E-state index is 12.2. The van der Waals surface area contributed by atoms with Crippen LogP contribution in [0.1, 0.15) is 42.5 Å². The zero-order valence-electron chi connectivity index (χ0n) is 15.5. The molecule has 0 spiro atoms. The average Bonchev–Trinajstić information content (AvgIpc) is 3.23. The van der Waals surface area contributed by atoms with E-state index in [1.807, 2.05) is 30.3 Å². The van der Waals surface area contributed by atoms with Crippen LogP contribution in [0.2, 0.25) is 0 Å². The van der Waals surface area contributed by atoms with E-state index < -0.39 is 0 Å². The van der Waals surface area contributed by atoms with Gasteiger partial charge in [0.1, 0.15) is 0 Å². The van der Waals surface area contributed by atoms with Gasteiger partial charge in [-0.05, 0) is 42.1 Å². The topological polar surface area (TPSA) is 44.4 Å². The van der Waals surface area contributed by atoms with Crippen LogP contribution >= 0.6 is 23.6 Å². The lowest BCUT2D eigenvalue weighted by Crippen LogP contribution is -2.48. The molecule has 1 aliphatic rings. The van der Waals surface area contributed by atoms with E-state index in [-0.39, 0.29) is 12.5 Å². The number of nitrogens with one attached hydrogen (secondary N) is 2. The molecule has 6 heteroatoms. The molecule has 0 atom stereocenters. The minimum absolute atomic E-state index is 0.0408. The predicted octanol–water partition coefficient (Wildman–Crippen LogP) is 4.07. The summed E-state index contributed by atoms with van der Waals surface area (Å²) < 4.78 is 0. The minimum Gasteiger partial charge on any atom is -0.353 e. The van der Waals surface area contributed by atoms with E-state index in [4.69, 9.17) is 12.2 Å². The Morgan fingerprint density at radius 2 is 1.85 bits per heavy atom. The van der Waals surface area contributed by atoms with Gasteiger partial charge in [-0.1, -0.05) is 55.7 Å². The Morgan fingerprint density at radius 1 is 1.07 bits per heavy atom. The highest BCUT2D eigenvalue weighted by molar-refractivity contribution is 7.80. The molecule has 0 bridgehead atoms. The molecular weight excluding hydrogens is 374 g/mol. The van der Waals surface area contributed by atoms with Crippen LogP contribution in [0.3, 0.4) is 0 Å². The van der Waals surface area contributed by atoms with Gasteiger partial charge in [-0.2, -0.15) is 0 Å². The molecule has 2 aromatic rings. The third-order valence-corrected chi connectivity index (χ3v) is 6.16. The minimum atomic E-state index is -0.0408. The fourth-order valence-electron chi connectivity index (χ4n) is 3.45. The zero-order valence-corrected chi connectivity index (χ0v) is 17.2. The maximum Gasteiger partial charge on any atom is 0.239 e. The van der Waals surface area contributed by atoms with Gasteiger partial charge in [0.15, 0.2) is 5.11 Å². The van der Waals surface area contributed by atoms with Gasteiger partial charge in [0.2, 0.25) is 5.91 Å². The monoisotopic (exact) mass is 401 g/mol. The maximum atomic E-state index is 12.2. The molecule has 1 aliphatic carbocycles. The van der Waals surface area contributed by atoms with Gasteiger partial charge >= 0.3 is 0 Å². The largest absolute Gasteiger partial charge is 0.353 e. The number of carbonyl (C=O) groups excluding carboxylic acids is 1. The van der Waals surface area contributed by atoms with Crippen molar-refractivity contribution in [2.45, 2.75) is 51.2 Å². The molecule has 0 unspecified atom stereocenters. The standard InChI is InChI=1S/C21H27N3OS2/c25-20(22-14-17-8-3-1-4-9-17)15-23-21(26)24(16-19-12-7-13-27-19)18-10-5-2-6-11-18/h1,3-4,7-9,12-13,18H,2,5-6,10-11,14-16H2,(H,22,25)(H,23,26). The van der Waals surface area contributed by atoms with Crippen molar-refractivity contribution in [2.24, 2.45) is 0 Å². The first-order chi connectivity index (χ1) is 13.2. The molecule has 27 heavy (non-hydrogen) atoms. The summed E-state index contributed by atoms with van der Waals surface area (Å²) in [6, 6.07) is 14.6. The molecule has 144 valence electrons. The molecule has 4 nitrogen and oxygen atoms in total. The lowest BCUT2D eigenvalue weighted by molar-refractivity contribution is -0.120. The number of nitrogens with zero attached hydrogens (tertiary/aromatic N) is 1. The first-order valence-electron chi connectivity index (χ1n) is 9.60. The van der Waals surface area contributed by atoms with Gasteiger partial charge in [-0.25, -0.2) is 0 Å². The molecule has 1 aromatic heterocycles. The van der Waals surface area contributed by atoms with Crippen molar-refractivity contribution in [2.75, 3.05) is 6.54 Å². The number of rotatable bonds is 7. The summed E-state index contributed by atoms with van der Waals surface area (Å²) in [7, 11) is 0. The number of carbonyl (C=O) groups is 1. The van der Waals surface area contributed by atoms with Gasteiger partial charge < -0.3 is 15.5 Å². The van der Waals surface area contributed by atoms with Gasteiger partial charge in [0.25, 0.3) is 0 Å². The van der Waals surface area contributed by atoms with Crippen molar-refractivity contribution in [3.8, 4) is 0 Å². The summed E-state index contributed by atoms with van der Waals surface area (Å²) in [5.74, 6) is -0.0408. The van der Waals surface area contributed by atoms with Crippen LogP contribution in [0.25, 0.3) is 0 Å². The second kappa shape index (κ2) is 10.4. The van der Waals surface area contributed by atoms with E-state index in [9.17, 15) is 4.79 Å². The molecule has 1 amide bonds. The smallest absolute Gasteiger partial charge is 0.239 e. The van der Waals surface area contributed by atoms with Crippen molar-refractivity contribution in [1.29, 1.82) is 0 Å². The molecule has 1 heterocycles. The highest BCUT2D eigenvalue weighted by Crippen LogP contribution is 2.25. The number of hydrogen-bond acceptors (Lipinski definition) is 3. The summed E-state index contributed by atoms with van der Waals surface area (Å²) in [5, 5.41) is 8.90. The molecule has 1 saturated carbocycles. The summed E-state index contributed by atoms with van der Waals surface area (Å²) in [5.41, 5.74) is 1.09. The van der Waals surface area contributed by atoms with Gasteiger partial charge in [-0.3, -0.25) is 4.79 Å². The van der Waals surface area contributed by atoms with E-state index >= 15 is 0 Å². The number of thiocarbonyl (C=S) groups is 1. The first-order valence-corrected chi connectivity index (χ1v) is 10.9. The Hall–Kier alpha value is -1.92. The summed E-state index contributed by atoms with van der Waals surface area (Å²) in [4.78, 5) is 15.8. The molecule has 1 fully saturated rings. The number of thiophene rings is 1. The van der Waals surface area contributed by atoms with Crippen molar-refractivity contribution in [3.63, 3.8) is 0 Å². The molecule has 1 aromatic carbocycles. The van der Waals surface area contributed by atoms with E-state index in [1.54, 1.807) is 11.3 Å². The molecule has 0 aliphatic heterocycles. The quantitative estimate of drug-likeness (QED) is 0.687. The average molecular weight is 402 g/mol. The molecule has 0 radical (unpaired) electrons. The van der Waals surface area contributed by atoms with Crippen molar-refractivity contribution in [3.05, 3.63) is 58.3 Å². The third kappa shape index (κ3) is 6.33. The molecule has 0 saturated heterocycles. The highest BCUT2D eigenvalue weighted by Gasteiger charge is 2.24. The van der Waals surface area contributed by atoms with Crippen LogP contribution in [0.15, 0.2) is 47.8 Å². The normalized spacial score (nSPS) is 14.5. The molecule has 3 rings (SSSR count). The van der Waals surface area contributed by atoms with Crippen LogP contribution in [-0.2, 0) is 17.9 Å². The van der Waals surface area contributed by atoms with Crippen LogP contribution in [0.5, 0.6) is 0 Å². The number of amides is 1. The van der Waals surface area contributed by atoms with Crippen LogP contribution in [0, 0.1) is 0 Å². The van der Waals surface area contributed by atoms with Crippen LogP contribution < -0.4 is 10.6 Å². The lowest BCUT2D eigenvalue weighted by Gasteiger charge is -2.36. The van der Waals surface area contributed by atoms with Gasteiger partial charge in [-0.15, -0.1) is 11.3 Å². The third-order valence-electron chi connectivity index (χ3n) is 4.92. The van der Waals surface area contributed by atoms with Crippen LogP contribution in [-0.4, -0.2) is 28.5 Å². The summed E-state index contributed by atoms with van der Waals surface area (Å²) in [6.45, 7) is 1.56. The molecule has 2 N–H and O–H groups in total. The van der Waals surface area contributed by atoms with Crippen molar-refractivity contribution >= 4 is 34.6 Å². The van der Waals surface area contributed by atoms with E-state index in [1.165, 1.54) is 37.0 Å². The zero-order chi connectivity index (χ0) is 18.9. The van der Waals surface area contributed by atoms with Gasteiger partial charge in [0.05, 0.1) is 13.1 Å². The Morgan fingerprint density at radius 3 is 2.56 bits per heavy atom. The predicted molar refractivity (Wildman–Crippen MR) is 116 cm³/mol. The van der Waals surface area contributed by atoms with E-state index in [2.05, 4.69) is 33.0 Å². The summed E-state index contributed by atoms with van der Waals surface area (Å²) in [6.07, 6.45) is 6.17. The van der Waals surface area contributed by atoms with Crippen LogP contribution in [0.4, 0.5) is 0 Å². The Labute approximate surface area is 171 Å². The van der Waals surface area contributed by atoms with E-state index in [0.29, 0.717) is 17.7 Å². The fraction of sp³-hybridized carbons (Fsp3) is 0.429. The second-order valence-electron chi connectivity index (χ2n) is 6.92. The highest BCUT2D eigenvalue weighted by atomic mass is 32.1. The Balaban J connectivity index is 1.51. The fourth-order valence-corrected chi connectivity index (χ4v) is 4.43. The first kappa shape index (κ1) is 19.8. The molecular formula is C21H27N3OS2. The second-order valence-corrected chi connectivity index (χ2v) is 8.34. The number of benzene rings is 1. The Kier molecular flexibility index (Phi) is 7.66. The van der Waals surface area contributed by atoms with Crippen molar-refractivity contribution in [1.82, 2.24) is 15.5 Å². The summed E-state index contributed by atoms with van der Waals surface area (Å²) >= 11 is 7.42. The van der Waals surface area contributed by atoms with Crippen molar-refractivity contribution < 1.29 is 4.79 Å². The van der Waals surface area contributed by atoms with Gasteiger partial charge in [0, 0.05) is 17.5 Å². The lowest BCUT2D eigenvalue weighted by atomic mass is 9.94. The number of hydrogen-bond donors (Lipinski definition) is 2. The Bertz CT molecular complexity index is 712. The van der Waals surface area contributed by atoms with E-state index in [0.717, 1.165) is 12.1 Å². The SMILES string of the molecule is O=C(CNC(=S)N(Cc1cccs1)C1CCCCC1)NCc1ccccc1.